The third-order valence-corrected chi connectivity index (χ3v) is 3.34. The van der Waals surface area contributed by atoms with Gasteiger partial charge in [-0.3, -0.25) is 4.79 Å². The summed E-state index contributed by atoms with van der Waals surface area (Å²) < 4.78 is 4.04. The Morgan fingerprint density at radius 1 is 1.27 bits per heavy atom. The van der Waals surface area contributed by atoms with Gasteiger partial charge in [0.2, 0.25) is 5.91 Å². The molecule has 4 heteroatoms. The fraction of sp³-hybridized carbons (Fsp3) is 0.0909. The number of carbonyl (C=O) groups excluding carboxylic acids is 1. The Morgan fingerprint density at radius 3 is 2.93 bits per heavy atom. The van der Waals surface area contributed by atoms with Crippen molar-refractivity contribution in [3.8, 4) is 0 Å². The predicted molar refractivity (Wildman–Crippen MR) is 59.0 cm³/mol. The van der Waals surface area contributed by atoms with Crippen LogP contribution >= 0.6 is 11.5 Å². The van der Waals surface area contributed by atoms with Crippen LogP contribution in [0.15, 0.2) is 36.5 Å². The van der Waals surface area contributed by atoms with Crippen molar-refractivity contribution in [2.24, 2.45) is 0 Å². The Kier molecular flexibility index (Phi) is 1.82. The molecule has 0 saturated heterocycles. The van der Waals surface area contributed by atoms with Gasteiger partial charge < -0.3 is 5.32 Å². The maximum absolute atomic E-state index is 11.8. The van der Waals surface area contributed by atoms with Crippen molar-refractivity contribution in [1.82, 2.24) is 4.37 Å². The summed E-state index contributed by atoms with van der Waals surface area (Å²) in [5.41, 5.74) is 1.97. The fourth-order valence-electron chi connectivity index (χ4n) is 1.87. The summed E-state index contributed by atoms with van der Waals surface area (Å²) in [5.74, 6) is -0.130. The molecule has 2 heterocycles. The molecule has 2 aromatic rings. The molecule has 3 rings (SSSR count). The first-order chi connectivity index (χ1) is 7.36. The van der Waals surface area contributed by atoms with Crippen molar-refractivity contribution in [3.63, 3.8) is 0 Å². The van der Waals surface area contributed by atoms with E-state index in [1.807, 2.05) is 30.3 Å². The summed E-state index contributed by atoms with van der Waals surface area (Å²) in [4.78, 5) is 12.8. The van der Waals surface area contributed by atoms with Crippen molar-refractivity contribution in [3.05, 3.63) is 47.0 Å². The Labute approximate surface area is 90.9 Å². The molecule has 1 unspecified atom stereocenters. The molecule has 1 aromatic carbocycles. The number of benzene rings is 1. The molecule has 0 aliphatic carbocycles. The molecular weight excluding hydrogens is 208 g/mol. The number of fused-ring (bicyclic) bond motifs is 1. The third kappa shape index (κ3) is 1.26. The topological polar surface area (TPSA) is 42.0 Å². The van der Waals surface area contributed by atoms with Gasteiger partial charge in [-0.15, -0.1) is 0 Å². The number of nitrogens with zero attached hydrogens (tertiary/aromatic N) is 1. The SMILES string of the molecule is O=C1Nc2ccccc2C1c1ccns1. The molecule has 15 heavy (non-hydrogen) atoms. The summed E-state index contributed by atoms with van der Waals surface area (Å²) in [7, 11) is 0. The van der Waals surface area contributed by atoms with Gasteiger partial charge in [-0.1, -0.05) is 18.2 Å². The minimum atomic E-state index is -0.173. The number of aromatic nitrogens is 1. The maximum atomic E-state index is 11.8. The van der Waals surface area contributed by atoms with Crippen LogP contribution in [0, 0.1) is 0 Å². The predicted octanol–water partition coefficient (Wildman–Crippen LogP) is 2.23. The lowest BCUT2D eigenvalue weighted by atomic mass is 9.99. The molecule has 0 spiro atoms. The molecule has 0 radical (unpaired) electrons. The summed E-state index contributed by atoms with van der Waals surface area (Å²) in [5, 5.41) is 2.88. The van der Waals surface area contributed by atoms with Gasteiger partial charge >= 0.3 is 0 Å². The molecule has 1 aliphatic heterocycles. The van der Waals surface area contributed by atoms with E-state index in [4.69, 9.17) is 0 Å². The highest BCUT2D eigenvalue weighted by Crippen LogP contribution is 2.37. The molecule has 0 bridgehead atoms. The van der Waals surface area contributed by atoms with Gasteiger partial charge in [0.05, 0.1) is 0 Å². The number of nitrogens with one attached hydrogen (secondary N) is 1. The zero-order valence-corrected chi connectivity index (χ0v) is 8.62. The number of hydrogen-bond donors (Lipinski definition) is 1. The van der Waals surface area contributed by atoms with Crippen molar-refractivity contribution in [1.29, 1.82) is 0 Å². The first kappa shape index (κ1) is 8.61. The standard InChI is InChI=1S/C11H8N2OS/c14-11-10(9-5-6-12-15-9)7-3-1-2-4-8(7)13-11/h1-6,10H,(H,13,14). The van der Waals surface area contributed by atoms with Crippen molar-refractivity contribution < 1.29 is 4.79 Å². The van der Waals surface area contributed by atoms with E-state index >= 15 is 0 Å². The van der Waals surface area contributed by atoms with Gasteiger partial charge in [-0.2, -0.15) is 0 Å². The van der Waals surface area contributed by atoms with Crippen molar-refractivity contribution in [2.75, 3.05) is 5.32 Å². The van der Waals surface area contributed by atoms with Crippen LogP contribution in [0.4, 0.5) is 5.69 Å². The first-order valence-corrected chi connectivity index (χ1v) is 5.44. The average Bonchev–Trinajstić information content (AvgIpc) is 2.82. The molecule has 1 atom stereocenters. The normalized spacial score (nSPS) is 18.7. The van der Waals surface area contributed by atoms with Crippen molar-refractivity contribution in [2.45, 2.75) is 5.92 Å². The molecule has 1 amide bonds. The minimum Gasteiger partial charge on any atom is -0.325 e. The second kappa shape index (κ2) is 3.17. The number of carbonyl (C=O) groups is 1. The lowest BCUT2D eigenvalue weighted by Crippen LogP contribution is -2.11. The smallest absolute Gasteiger partial charge is 0.237 e. The van der Waals surface area contributed by atoms with Gasteiger partial charge in [-0.05, 0) is 29.2 Å². The number of para-hydroxylation sites is 1. The van der Waals surface area contributed by atoms with Crippen LogP contribution in [0.2, 0.25) is 0 Å². The van der Waals surface area contributed by atoms with Crippen LogP contribution in [-0.4, -0.2) is 10.3 Å². The van der Waals surface area contributed by atoms with Crippen LogP contribution in [0.5, 0.6) is 0 Å². The lowest BCUT2D eigenvalue weighted by molar-refractivity contribution is -0.116. The average molecular weight is 216 g/mol. The lowest BCUT2D eigenvalue weighted by Gasteiger charge is -2.03. The van der Waals surface area contributed by atoms with Crippen LogP contribution in [0.3, 0.4) is 0 Å². The second-order valence-electron chi connectivity index (χ2n) is 3.42. The van der Waals surface area contributed by atoms with Crippen LogP contribution in [-0.2, 0) is 4.79 Å². The van der Waals surface area contributed by atoms with Gasteiger partial charge in [-0.25, -0.2) is 4.37 Å². The highest BCUT2D eigenvalue weighted by molar-refractivity contribution is 7.06. The Hall–Kier alpha value is -1.68. The summed E-state index contributed by atoms with van der Waals surface area (Å²) in [6.45, 7) is 0. The molecule has 1 aromatic heterocycles. The molecule has 0 saturated carbocycles. The van der Waals surface area contributed by atoms with Gasteiger partial charge in [0.25, 0.3) is 0 Å². The molecule has 0 fully saturated rings. The van der Waals surface area contributed by atoms with E-state index in [-0.39, 0.29) is 11.8 Å². The minimum absolute atomic E-state index is 0.0421. The van der Waals surface area contributed by atoms with Gasteiger partial charge in [0, 0.05) is 16.8 Å². The van der Waals surface area contributed by atoms with Crippen LogP contribution in [0.1, 0.15) is 16.4 Å². The van der Waals surface area contributed by atoms with E-state index in [1.54, 1.807) is 6.20 Å². The first-order valence-electron chi connectivity index (χ1n) is 4.66. The number of hydrogen-bond acceptors (Lipinski definition) is 3. The highest BCUT2D eigenvalue weighted by Gasteiger charge is 2.32. The van der Waals surface area contributed by atoms with Gasteiger partial charge in [0.15, 0.2) is 0 Å². The van der Waals surface area contributed by atoms with Crippen LogP contribution < -0.4 is 5.32 Å². The van der Waals surface area contributed by atoms with E-state index in [9.17, 15) is 4.79 Å². The fourth-order valence-corrected chi connectivity index (χ4v) is 2.57. The Morgan fingerprint density at radius 2 is 2.13 bits per heavy atom. The molecule has 1 N–H and O–H groups in total. The van der Waals surface area contributed by atoms with Crippen LogP contribution in [0.25, 0.3) is 0 Å². The zero-order valence-electron chi connectivity index (χ0n) is 7.81. The highest BCUT2D eigenvalue weighted by atomic mass is 32.1. The third-order valence-electron chi connectivity index (χ3n) is 2.53. The van der Waals surface area contributed by atoms with Gasteiger partial charge in [0.1, 0.15) is 5.92 Å². The summed E-state index contributed by atoms with van der Waals surface area (Å²) >= 11 is 1.38. The maximum Gasteiger partial charge on any atom is 0.237 e. The second-order valence-corrected chi connectivity index (χ2v) is 4.29. The van der Waals surface area contributed by atoms with E-state index in [2.05, 4.69) is 9.69 Å². The largest absolute Gasteiger partial charge is 0.325 e. The molecule has 74 valence electrons. The Balaban J connectivity index is 2.14. The summed E-state index contributed by atoms with van der Waals surface area (Å²) in [6, 6.07) is 9.68. The molecular formula is C11H8N2OS. The van der Waals surface area contributed by atoms with E-state index in [0.717, 1.165) is 16.1 Å². The van der Waals surface area contributed by atoms with E-state index in [0.29, 0.717) is 0 Å². The number of anilines is 1. The summed E-state index contributed by atoms with van der Waals surface area (Å²) in [6.07, 6.45) is 1.73. The number of rotatable bonds is 1. The van der Waals surface area contributed by atoms with Crippen molar-refractivity contribution >= 4 is 23.1 Å². The number of amides is 1. The van der Waals surface area contributed by atoms with E-state index in [1.165, 1.54) is 11.5 Å². The Bertz CT molecular complexity index is 507. The molecule has 1 aliphatic rings. The zero-order chi connectivity index (χ0) is 10.3. The quantitative estimate of drug-likeness (QED) is 0.794. The monoisotopic (exact) mass is 216 g/mol. The molecule has 3 nitrogen and oxygen atoms in total. The van der Waals surface area contributed by atoms with E-state index < -0.39 is 0 Å².